The van der Waals surface area contributed by atoms with Crippen LogP contribution in [0.4, 0.5) is 18.9 Å². The van der Waals surface area contributed by atoms with Gasteiger partial charge in [0.1, 0.15) is 0 Å². The molecule has 6 heteroatoms. The zero-order chi connectivity index (χ0) is 14.5. The van der Waals surface area contributed by atoms with Crippen LogP contribution in [-0.2, 0) is 0 Å². The van der Waals surface area contributed by atoms with Crippen LogP contribution in [-0.4, -0.2) is 11.3 Å². The van der Waals surface area contributed by atoms with Crippen LogP contribution in [0.5, 0.6) is 0 Å². The average Bonchev–Trinajstić information content (AvgIpc) is 2.61. The Morgan fingerprint density at radius 2 is 1.50 bits per heavy atom. The van der Waals surface area contributed by atoms with Gasteiger partial charge in [0.25, 0.3) is 0 Å². The van der Waals surface area contributed by atoms with Crippen LogP contribution in [0.1, 0.15) is 15.9 Å². The first-order chi connectivity index (χ1) is 9.35. The van der Waals surface area contributed by atoms with Crippen LogP contribution >= 0.6 is 11.8 Å². The highest BCUT2D eigenvalue weighted by molar-refractivity contribution is 8.00. The molecule has 20 heavy (non-hydrogen) atoms. The Morgan fingerprint density at radius 1 is 0.900 bits per heavy atom. The Balaban J connectivity index is 2.08. The van der Waals surface area contributed by atoms with Crippen molar-refractivity contribution < 1.29 is 18.0 Å². The molecule has 2 aromatic carbocycles. The number of carbonyl (C=O) groups is 1. The molecule has 0 aliphatic heterocycles. The highest BCUT2D eigenvalue weighted by Crippen LogP contribution is 2.42. The zero-order valence-corrected chi connectivity index (χ0v) is 10.8. The zero-order valence-electron chi connectivity index (χ0n) is 9.99. The molecule has 0 unspecified atom stereocenters. The number of carbonyl (C=O) groups excluding carboxylic acids is 1. The summed E-state index contributed by atoms with van der Waals surface area (Å²) in [7, 11) is 0. The first kappa shape index (κ1) is 13.1. The number of alkyl halides is 3. The minimum absolute atomic E-state index is 0.00498. The van der Waals surface area contributed by atoms with Crippen molar-refractivity contribution in [2.45, 2.75) is 10.4 Å². The van der Waals surface area contributed by atoms with Crippen molar-refractivity contribution in [3.63, 3.8) is 0 Å². The molecule has 0 saturated heterocycles. The van der Waals surface area contributed by atoms with E-state index in [9.17, 15) is 18.0 Å². The molecule has 3 rings (SSSR count). The predicted molar refractivity (Wildman–Crippen MR) is 71.6 cm³/mol. The predicted octanol–water partition coefficient (Wildman–Crippen LogP) is 4.09. The summed E-state index contributed by atoms with van der Waals surface area (Å²) in [6, 6.07) is 9.13. The van der Waals surface area contributed by atoms with Gasteiger partial charge in [0, 0.05) is 21.7 Å². The minimum atomic E-state index is -4.37. The molecule has 0 spiro atoms. The quantitative estimate of drug-likeness (QED) is 0.543. The molecule has 102 valence electrons. The SMILES string of the molecule is Nc1ccc2c(c1)C(=O)c1cc(SC(F)(F)F)ccc1-2. The van der Waals surface area contributed by atoms with Gasteiger partial charge < -0.3 is 5.73 Å². The lowest BCUT2D eigenvalue weighted by Gasteiger charge is -2.07. The summed E-state index contributed by atoms with van der Waals surface area (Å²) >= 11 is -0.226. The Bertz CT molecular complexity index is 725. The van der Waals surface area contributed by atoms with E-state index in [1.54, 1.807) is 24.3 Å². The van der Waals surface area contributed by atoms with Crippen LogP contribution in [0, 0.1) is 0 Å². The molecular formula is C14H8F3NOS. The molecule has 0 bridgehead atoms. The van der Waals surface area contributed by atoms with Crippen LogP contribution in [0.25, 0.3) is 11.1 Å². The number of thioether (sulfide) groups is 1. The monoisotopic (exact) mass is 295 g/mol. The van der Waals surface area contributed by atoms with Gasteiger partial charge in [-0.15, -0.1) is 0 Å². The largest absolute Gasteiger partial charge is 0.446 e. The molecule has 0 saturated carbocycles. The Morgan fingerprint density at radius 3 is 2.15 bits per heavy atom. The van der Waals surface area contributed by atoms with Crippen molar-refractivity contribution in [3.05, 3.63) is 47.5 Å². The number of nitrogens with two attached hydrogens (primary N) is 1. The van der Waals surface area contributed by atoms with Crippen molar-refractivity contribution in [2.75, 3.05) is 5.73 Å². The van der Waals surface area contributed by atoms with Gasteiger partial charge in [0.15, 0.2) is 5.78 Å². The van der Waals surface area contributed by atoms with E-state index in [0.29, 0.717) is 27.9 Å². The van der Waals surface area contributed by atoms with E-state index in [0.717, 1.165) is 0 Å². The normalized spacial score (nSPS) is 13.2. The fourth-order valence-corrected chi connectivity index (χ4v) is 2.85. The standard InChI is InChI=1S/C14H8F3NOS/c15-14(16,17)20-8-2-4-10-9-3-1-7(18)5-11(9)13(19)12(10)6-8/h1-6H,18H2. The molecule has 0 radical (unpaired) electrons. The number of hydrogen-bond acceptors (Lipinski definition) is 3. The van der Waals surface area contributed by atoms with Crippen molar-refractivity contribution >= 4 is 23.2 Å². The van der Waals surface area contributed by atoms with Gasteiger partial charge in [-0.2, -0.15) is 13.2 Å². The molecule has 0 fully saturated rings. The summed E-state index contributed by atoms with van der Waals surface area (Å²) in [6.07, 6.45) is 0. The van der Waals surface area contributed by atoms with Gasteiger partial charge in [-0.1, -0.05) is 12.1 Å². The van der Waals surface area contributed by atoms with E-state index < -0.39 is 5.51 Å². The average molecular weight is 295 g/mol. The van der Waals surface area contributed by atoms with E-state index >= 15 is 0 Å². The second kappa shape index (κ2) is 4.28. The maximum absolute atomic E-state index is 12.4. The fraction of sp³-hybridized carbons (Fsp3) is 0.0714. The molecule has 2 nitrogen and oxygen atoms in total. The molecule has 1 aliphatic carbocycles. The van der Waals surface area contributed by atoms with Gasteiger partial charge in [-0.25, -0.2) is 0 Å². The maximum Gasteiger partial charge on any atom is 0.446 e. The topological polar surface area (TPSA) is 43.1 Å². The molecule has 1 aliphatic rings. The van der Waals surface area contributed by atoms with Gasteiger partial charge in [-0.05, 0) is 47.2 Å². The van der Waals surface area contributed by atoms with Crippen LogP contribution in [0.2, 0.25) is 0 Å². The van der Waals surface area contributed by atoms with Gasteiger partial charge in [0.05, 0.1) is 0 Å². The Labute approximate surface area is 116 Å². The van der Waals surface area contributed by atoms with E-state index in [2.05, 4.69) is 0 Å². The Kier molecular flexibility index (Phi) is 2.79. The molecule has 0 aromatic heterocycles. The Hall–Kier alpha value is -1.95. The van der Waals surface area contributed by atoms with Crippen LogP contribution in [0.3, 0.4) is 0 Å². The van der Waals surface area contributed by atoms with Crippen molar-refractivity contribution in [1.29, 1.82) is 0 Å². The van der Waals surface area contributed by atoms with Crippen molar-refractivity contribution in [3.8, 4) is 11.1 Å². The van der Waals surface area contributed by atoms with Gasteiger partial charge >= 0.3 is 5.51 Å². The van der Waals surface area contributed by atoms with Crippen molar-refractivity contribution in [1.82, 2.24) is 0 Å². The first-order valence-corrected chi connectivity index (χ1v) is 6.51. The summed E-state index contributed by atoms with van der Waals surface area (Å²) in [4.78, 5) is 12.2. The molecule has 0 amide bonds. The fourth-order valence-electron chi connectivity index (χ4n) is 2.27. The number of ketones is 1. The molecular weight excluding hydrogens is 287 g/mol. The third-order valence-corrected chi connectivity index (χ3v) is 3.77. The number of rotatable bonds is 1. The number of anilines is 1. The third-order valence-electron chi connectivity index (χ3n) is 3.05. The van der Waals surface area contributed by atoms with E-state index in [4.69, 9.17) is 5.73 Å². The number of fused-ring (bicyclic) bond motifs is 3. The van der Waals surface area contributed by atoms with E-state index in [-0.39, 0.29) is 22.4 Å². The highest BCUT2D eigenvalue weighted by atomic mass is 32.2. The van der Waals surface area contributed by atoms with Crippen molar-refractivity contribution in [2.24, 2.45) is 0 Å². The van der Waals surface area contributed by atoms with Gasteiger partial charge in [0.2, 0.25) is 0 Å². The van der Waals surface area contributed by atoms with E-state index in [1.807, 2.05) is 0 Å². The summed E-state index contributed by atoms with van der Waals surface area (Å²) in [5, 5.41) is 0. The number of hydrogen-bond donors (Lipinski definition) is 1. The van der Waals surface area contributed by atoms with Crippen LogP contribution in [0.15, 0.2) is 41.3 Å². The van der Waals surface area contributed by atoms with Gasteiger partial charge in [-0.3, -0.25) is 4.79 Å². The molecule has 0 heterocycles. The molecule has 2 aromatic rings. The van der Waals surface area contributed by atoms with Crippen LogP contribution < -0.4 is 5.73 Å². The lowest BCUT2D eigenvalue weighted by atomic mass is 10.1. The summed E-state index contributed by atoms with van der Waals surface area (Å²) < 4.78 is 37.1. The summed E-state index contributed by atoms with van der Waals surface area (Å²) in [5.41, 5.74) is 3.81. The summed E-state index contributed by atoms with van der Waals surface area (Å²) in [6.45, 7) is 0. The number of benzene rings is 2. The number of halogens is 3. The second-order valence-electron chi connectivity index (χ2n) is 4.39. The molecule has 2 N–H and O–H groups in total. The highest BCUT2D eigenvalue weighted by Gasteiger charge is 2.32. The third kappa shape index (κ3) is 2.16. The lowest BCUT2D eigenvalue weighted by molar-refractivity contribution is -0.0328. The minimum Gasteiger partial charge on any atom is -0.399 e. The lowest BCUT2D eigenvalue weighted by Crippen LogP contribution is -2.00. The smallest absolute Gasteiger partial charge is 0.399 e. The second-order valence-corrected chi connectivity index (χ2v) is 5.53. The molecule has 0 atom stereocenters. The maximum atomic E-state index is 12.4. The number of nitrogen functional groups attached to an aromatic ring is 1. The van der Waals surface area contributed by atoms with E-state index in [1.165, 1.54) is 12.1 Å². The summed E-state index contributed by atoms with van der Waals surface area (Å²) in [5.74, 6) is -0.285. The first-order valence-electron chi connectivity index (χ1n) is 5.69.